The molecule has 1 aromatic carbocycles. The van der Waals surface area contributed by atoms with Crippen molar-refractivity contribution < 1.29 is 9.47 Å². The summed E-state index contributed by atoms with van der Waals surface area (Å²) in [5, 5.41) is 6.74. The Morgan fingerprint density at radius 1 is 1.15 bits per heavy atom. The number of nitrogens with one attached hydrogen (secondary N) is 2. The Labute approximate surface area is 181 Å². The van der Waals surface area contributed by atoms with Gasteiger partial charge in [-0.1, -0.05) is 29.3 Å². The average molecular weight is 489 g/mol. The molecule has 0 aliphatic carbocycles. The minimum absolute atomic E-state index is 0. The fourth-order valence-electron chi connectivity index (χ4n) is 3.23. The quantitative estimate of drug-likeness (QED) is 0.241. The normalized spacial score (nSPS) is 15.3. The van der Waals surface area contributed by atoms with Crippen molar-refractivity contribution in [2.75, 3.05) is 39.5 Å². The van der Waals surface area contributed by atoms with E-state index >= 15 is 0 Å². The molecule has 2 rings (SSSR count). The van der Waals surface area contributed by atoms with Crippen LogP contribution in [0, 0.1) is 13.8 Å². The first-order chi connectivity index (χ1) is 12.7. The summed E-state index contributed by atoms with van der Waals surface area (Å²) in [4.78, 5) is 4.65. The second kappa shape index (κ2) is 14.2. The van der Waals surface area contributed by atoms with Crippen LogP contribution in [-0.2, 0) is 15.9 Å². The van der Waals surface area contributed by atoms with E-state index in [4.69, 9.17) is 9.47 Å². The molecule has 27 heavy (non-hydrogen) atoms. The van der Waals surface area contributed by atoms with Crippen LogP contribution in [0.4, 0.5) is 0 Å². The second-order valence-electron chi connectivity index (χ2n) is 6.97. The molecule has 5 nitrogen and oxygen atoms in total. The van der Waals surface area contributed by atoms with Crippen molar-refractivity contribution in [3.63, 3.8) is 0 Å². The standard InChI is InChI=1S/C21H35N3O2.HI/c1-4-22-21(23-9-5-11-26-20-7-12-25-13-8-20)24-10-6-19-15-17(2)14-18(3)16-19;/h14-16,20H,4-13H2,1-3H3,(H2,22,23,24);1H. The number of halogens is 1. The monoisotopic (exact) mass is 489 g/mol. The van der Waals surface area contributed by atoms with Crippen LogP contribution in [0.2, 0.25) is 0 Å². The van der Waals surface area contributed by atoms with E-state index in [0.29, 0.717) is 6.10 Å². The molecule has 0 aromatic heterocycles. The van der Waals surface area contributed by atoms with E-state index < -0.39 is 0 Å². The molecular weight excluding hydrogens is 453 g/mol. The zero-order valence-electron chi connectivity index (χ0n) is 17.1. The molecule has 6 heteroatoms. The Hall–Kier alpha value is -0.860. The van der Waals surface area contributed by atoms with Gasteiger partial charge in [-0.3, -0.25) is 4.99 Å². The molecule has 0 radical (unpaired) electrons. The summed E-state index contributed by atoms with van der Waals surface area (Å²) in [6.07, 6.45) is 4.36. The molecule has 0 bridgehead atoms. The largest absolute Gasteiger partial charge is 0.381 e. The van der Waals surface area contributed by atoms with E-state index in [1.165, 1.54) is 16.7 Å². The summed E-state index contributed by atoms with van der Waals surface area (Å²) in [6, 6.07) is 6.73. The Bertz CT molecular complexity index is 540. The highest BCUT2D eigenvalue weighted by atomic mass is 127. The van der Waals surface area contributed by atoms with Crippen LogP contribution in [0.3, 0.4) is 0 Å². The summed E-state index contributed by atoms with van der Waals surface area (Å²) in [6.45, 7) is 11.4. The number of rotatable bonds is 9. The van der Waals surface area contributed by atoms with Gasteiger partial charge in [0.15, 0.2) is 5.96 Å². The Morgan fingerprint density at radius 2 is 1.85 bits per heavy atom. The zero-order valence-corrected chi connectivity index (χ0v) is 19.4. The van der Waals surface area contributed by atoms with Gasteiger partial charge in [-0.25, -0.2) is 0 Å². The van der Waals surface area contributed by atoms with Crippen molar-refractivity contribution in [3.05, 3.63) is 34.9 Å². The molecule has 1 aliphatic rings. The molecule has 154 valence electrons. The first-order valence-electron chi connectivity index (χ1n) is 9.96. The van der Waals surface area contributed by atoms with Crippen molar-refractivity contribution in [1.29, 1.82) is 0 Å². The van der Waals surface area contributed by atoms with E-state index in [2.05, 4.69) is 54.6 Å². The molecule has 0 unspecified atom stereocenters. The number of hydrogen-bond donors (Lipinski definition) is 2. The van der Waals surface area contributed by atoms with Crippen LogP contribution in [0.15, 0.2) is 23.2 Å². The highest BCUT2D eigenvalue weighted by Crippen LogP contribution is 2.11. The molecule has 1 aromatic rings. The van der Waals surface area contributed by atoms with Gasteiger partial charge >= 0.3 is 0 Å². The van der Waals surface area contributed by atoms with Gasteiger partial charge in [0.1, 0.15) is 0 Å². The van der Waals surface area contributed by atoms with Crippen LogP contribution >= 0.6 is 24.0 Å². The Morgan fingerprint density at radius 3 is 2.52 bits per heavy atom. The third-order valence-corrected chi connectivity index (χ3v) is 4.43. The van der Waals surface area contributed by atoms with Crippen molar-refractivity contribution in [2.45, 2.75) is 52.6 Å². The van der Waals surface area contributed by atoms with E-state index in [0.717, 1.165) is 71.1 Å². The summed E-state index contributed by atoms with van der Waals surface area (Å²) in [5.41, 5.74) is 4.02. The Kier molecular flexibility index (Phi) is 12.7. The fourth-order valence-corrected chi connectivity index (χ4v) is 3.23. The number of aryl methyl sites for hydroxylation is 2. The Balaban J connectivity index is 0.00000364. The van der Waals surface area contributed by atoms with E-state index in [1.807, 2.05) is 0 Å². The number of ether oxygens (including phenoxy) is 2. The molecule has 1 fully saturated rings. The minimum Gasteiger partial charge on any atom is -0.381 e. The highest BCUT2D eigenvalue weighted by Gasteiger charge is 2.13. The first-order valence-corrected chi connectivity index (χ1v) is 9.96. The van der Waals surface area contributed by atoms with Crippen LogP contribution in [-0.4, -0.2) is 51.5 Å². The molecule has 0 spiro atoms. The summed E-state index contributed by atoms with van der Waals surface area (Å²) >= 11 is 0. The third kappa shape index (κ3) is 10.3. The van der Waals surface area contributed by atoms with Crippen LogP contribution in [0.25, 0.3) is 0 Å². The van der Waals surface area contributed by atoms with Crippen LogP contribution in [0.1, 0.15) is 42.9 Å². The first kappa shape index (κ1) is 24.2. The van der Waals surface area contributed by atoms with Gasteiger partial charge in [-0.15, -0.1) is 24.0 Å². The average Bonchev–Trinajstić information content (AvgIpc) is 2.61. The SMILES string of the molecule is CCNC(=NCCCOC1CCOCC1)NCCc1cc(C)cc(C)c1.I. The molecule has 1 saturated heterocycles. The van der Waals surface area contributed by atoms with Gasteiger partial charge in [0, 0.05) is 39.5 Å². The van der Waals surface area contributed by atoms with Gasteiger partial charge in [-0.2, -0.15) is 0 Å². The van der Waals surface area contributed by atoms with Gasteiger partial charge in [-0.05, 0) is 52.0 Å². The molecule has 2 N–H and O–H groups in total. The summed E-state index contributed by atoms with van der Waals surface area (Å²) in [7, 11) is 0. The lowest BCUT2D eigenvalue weighted by molar-refractivity contribution is -0.0318. The summed E-state index contributed by atoms with van der Waals surface area (Å²) in [5.74, 6) is 0.892. The molecular formula is C21H36IN3O2. The van der Waals surface area contributed by atoms with Crippen LogP contribution < -0.4 is 10.6 Å². The van der Waals surface area contributed by atoms with Gasteiger partial charge in [0.2, 0.25) is 0 Å². The molecule has 1 heterocycles. The molecule has 0 saturated carbocycles. The van der Waals surface area contributed by atoms with Crippen molar-refractivity contribution in [2.24, 2.45) is 4.99 Å². The predicted molar refractivity (Wildman–Crippen MR) is 123 cm³/mol. The highest BCUT2D eigenvalue weighted by molar-refractivity contribution is 14.0. The lowest BCUT2D eigenvalue weighted by atomic mass is 10.1. The van der Waals surface area contributed by atoms with Gasteiger partial charge < -0.3 is 20.1 Å². The minimum atomic E-state index is 0. The molecule has 1 aliphatic heterocycles. The van der Waals surface area contributed by atoms with Crippen molar-refractivity contribution in [1.82, 2.24) is 10.6 Å². The van der Waals surface area contributed by atoms with Gasteiger partial charge in [0.05, 0.1) is 6.10 Å². The zero-order chi connectivity index (χ0) is 18.6. The number of benzene rings is 1. The van der Waals surface area contributed by atoms with Crippen molar-refractivity contribution >= 4 is 29.9 Å². The smallest absolute Gasteiger partial charge is 0.191 e. The second-order valence-corrected chi connectivity index (χ2v) is 6.97. The summed E-state index contributed by atoms with van der Waals surface area (Å²) < 4.78 is 11.2. The van der Waals surface area contributed by atoms with E-state index in [1.54, 1.807) is 0 Å². The van der Waals surface area contributed by atoms with Crippen molar-refractivity contribution in [3.8, 4) is 0 Å². The lowest BCUT2D eigenvalue weighted by Gasteiger charge is -2.22. The lowest BCUT2D eigenvalue weighted by Crippen LogP contribution is -2.38. The fraction of sp³-hybridized carbons (Fsp3) is 0.667. The maximum atomic E-state index is 5.90. The molecule has 0 amide bonds. The predicted octanol–water partition coefficient (Wildman–Crippen LogP) is 3.60. The van der Waals surface area contributed by atoms with E-state index in [9.17, 15) is 0 Å². The van der Waals surface area contributed by atoms with E-state index in [-0.39, 0.29) is 24.0 Å². The number of guanidine groups is 1. The maximum absolute atomic E-state index is 5.90. The third-order valence-electron chi connectivity index (χ3n) is 4.43. The number of hydrogen-bond acceptors (Lipinski definition) is 3. The topological polar surface area (TPSA) is 54.9 Å². The number of aliphatic imine (C=N–C) groups is 1. The number of nitrogens with zero attached hydrogens (tertiary/aromatic N) is 1. The molecule has 0 atom stereocenters. The van der Waals surface area contributed by atoms with Gasteiger partial charge in [0.25, 0.3) is 0 Å². The van der Waals surface area contributed by atoms with Crippen LogP contribution in [0.5, 0.6) is 0 Å². The maximum Gasteiger partial charge on any atom is 0.191 e.